The second-order valence-corrected chi connectivity index (χ2v) is 5.61. The van der Waals surface area contributed by atoms with Gasteiger partial charge in [-0.15, -0.1) is 0 Å². The number of nitrogens with zero attached hydrogens (tertiary/aromatic N) is 4. The van der Waals surface area contributed by atoms with Gasteiger partial charge in [-0.05, 0) is 49.2 Å². The zero-order valence-corrected chi connectivity index (χ0v) is 13.0. The van der Waals surface area contributed by atoms with Crippen molar-refractivity contribution in [3.8, 4) is 11.7 Å². The molecule has 6 nitrogen and oxygen atoms in total. The van der Waals surface area contributed by atoms with Crippen molar-refractivity contribution in [3.05, 3.63) is 53.8 Å². The van der Waals surface area contributed by atoms with Crippen molar-refractivity contribution in [2.45, 2.75) is 26.8 Å². The third kappa shape index (κ3) is 2.52. The molecule has 0 aliphatic rings. The Kier molecular flexibility index (Phi) is 3.22. The molecule has 0 amide bonds. The highest BCUT2D eigenvalue weighted by Crippen LogP contribution is 2.20. The number of imidazole rings is 1. The highest BCUT2D eigenvalue weighted by molar-refractivity contribution is 5.77. The van der Waals surface area contributed by atoms with Gasteiger partial charge in [0.05, 0.1) is 23.6 Å². The molecule has 0 aliphatic heterocycles. The van der Waals surface area contributed by atoms with Crippen LogP contribution in [0.15, 0.2) is 45.8 Å². The molecule has 0 atom stereocenters. The first-order valence-corrected chi connectivity index (χ1v) is 7.49. The standard InChI is InChI=1S/C17H16N4O2/c1-11-8-13-14(9-12(11)2)21(10-18-13)6-5-16-19-17(23-20-16)15-4-3-7-22-15/h3-4,7-10H,5-6H2,1-2H3. The topological polar surface area (TPSA) is 69.9 Å². The Morgan fingerprint density at radius 1 is 1.17 bits per heavy atom. The van der Waals surface area contributed by atoms with Gasteiger partial charge in [-0.2, -0.15) is 4.98 Å². The maximum absolute atomic E-state index is 5.25. The molecule has 0 saturated heterocycles. The van der Waals surface area contributed by atoms with Crippen LogP contribution < -0.4 is 0 Å². The maximum atomic E-state index is 5.25. The Balaban J connectivity index is 1.54. The summed E-state index contributed by atoms with van der Waals surface area (Å²) >= 11 is 0. The largest absolute Gasteiger partial charge is 0.459 e. The van der Waals surface area contributed by atoms with Gasteiger partial charge in [0.1, 0.15) is 0 Å². The van der Waals surface area contributed by atoms with Crippen molar-refractivity contribution in [1.29, 1.82) is 0 Å². The molecule has 0 bridgehead atoms. The van der Waals surface area contributed by atoms with Gasteiger partial charge in [-0.1, -0.05) is 5.16 Å². The maximum Gasteiger partial charge on any atom is 0.293 e. The Labute approximate surface area is 132 Å². The number of aromatic nitrogens is 4. The van der Waals surface area contributed by atoms with E-state index in [4.69, 9.17) is 8.94 Å². The summed E-state index contributed by atoms with van der Waals surface area (Å²) in [5.41, 5.74) is 4.66. The number of furan rings is 1. The van der Waals surface area contributed by atoms with Gasteiger partial charge in [-0.25, -0.2) is 4.98 Å². The highest BCUT2D eigenvalue weighted by atomic mass is 16.5. The number of hydrogen-bond acceptors (Lipinski definition) is 5. The van der Waals surface area contributed by atoms with Crippen LogP contribution in [0.1, 0.15) is 17.0 Å². The van der Waals surface area contributed by atoms with Crippen molar-refractivity contribution in [1.82, 2.24) is 19.7 Å². The fraction of sp³-hybridized carbons (Fsp3) is 0.235. The van der Waals surface area contributed by atoms with Crippen molar-refractivity contribution >= 4 is 11.0 Å². The average molecular weight is 308 g/mol. The molecule has 116 valence electrons. The van der Waals surface area contributed by atoms with Crippen LogP contribution in [0.25, 0.3) is 22.7 Å². The molecule has 3 aromatic heterocycles. The Hall–Kier alpha value is -2.89. The summed E-state index contributed by atoms with van der Waals surface area (Å²) in [5.74, 6) is 1.65. The van der Waals surface area contributed by atoms with Crippen LogP contribution in [-0.4, -0.2) is 19.7 Å². The first kappa shape index (κ1) is 13.8. The van der Waals surface area contributed by atoms with E-state index in [9.17, 15) is 0 Å². The SMILES string of the molecule is Cc1cc2ncn(CCc3noc(-c4ccco4)n3)c2cc1C. The molecule has 1 aromatic carbocycles. The third-order valence-corrected chi connectivity index (χ3v) is 4.01. The van der Waals surface area contributed by atoms with Crippen molar-refractivity contribution in [2.24, 2.45) is 0 Å². The fourth-order valence-corrected chi connectivity index (χ4v) is 2.57. The van der Waals surface area contributed by atoms with Crippen LogP contribution in [0, 0.1) is 13.8 Å². The van der Waals surface area contributed by atoms with Crippen LogP contribution in [0.5, 0.6) is 0 Å². The Morgan fingerprint density at radius 2 is 2.04 bits per heavy atom. The summed E-state index contributed by atoms with van der Waals surface area (Å²) < 4.78 is 12.6. The van der Waals surface area contributed by atoms with Crippen LogP contribution >= 0.6 is 0 Å². The van der Waals surface area contributed by atoms with E-state index in [1.54, 1.807) is 18.4 Å². The first-order valence-electron chi connectivity index (χ1n) is 7.49. The lowest BCUT2D eigenvalue weighted by Crippen LogP contribution is -2.01. The molecule has 4 aromatic rings. The van der Waals surface area contributed by atoms with E-state index in [-0.39, 0.29) is 0 Å². The fourth-order valence-electron chi connectivity index (χ4n) is 2.57. The van der Waals surface area contributed by atoms with E-state index in [1.165, 1.54) is 11.1 Å². The monoisotopic (exact) mass is 308 g/mol. The normalized spacial score (nSPS) is 11.4. The molecule has 0 fully saturated rings. The predicted octanol–water partition coefficient (Wildman–Crippen LogP) is 3.54. The lowest BCUT2D eigenvalue weighted by molar-refractivity contribution is 0.407. The average Bonchev–Trinajstić information content (AvgIpc) is 3.26. The van der Waals surface area contributed by atoms with Crippen LogP contribution in [-0.2, 0) is 13.0 Å². The molecule has 0 aliphatic carbocycles. The van der Waals surface area contributed by atoms with E-state index in [0.717, 1.165) is 17.6 Å². The van der Waals surface area contributed by atoms with Crippen LogP contribution in [0.2, 0.25) is 0 Å². The lowest BCUT2D eigenvalue weighted by atomic mass is 10.1. The summed E-state index contributed by atoms with van der Waals surface area (Å²) in [6.07, 6.45) is 4.11. The molecular formula is C17H16N4O2. The zero-order valence-electron chi connectivity index (χ0n) is 13.0. The van der Waals surface area contributed by atoms with Crippen molar-refractivity contribution in [3.63, 3.8) is 0 Å². The first-order chi connectivity index (χ1) is 11.2. The third-order valence-electron chi connectivity index (χ3n) is 4.01. The van der Waals surface area contributed by atoms with Gasteiger partial charge in [0.25, 0.3) is 5.89 Å². The number of rotatable bonds is 4. The number of fused-ring (bicyclic) bond motifs is 1. The van der Waals surface area contributed by atoms with Gasteiger partial charge in [0.2, 0.25) is 0 Å². The summed E-state index contributed by atoms with van der Waals surface area (Å²) in [6.45, 7) is 4.96. The van der Waals surface area contributed by atoms with Gasteiger partial charge >= 0.3 is 0 Å². The van der Waals surface area contributed by atoms with E-state index in [1.807, 2.05) is 6.33 Å². The molecule has 0 saturated carbocycles. The van der Waals surface area contributed by atoms with E-state index in [0.29, 0.717) is 23.9 Å². The molecule has 0 radical (unpaired) electrons. The Bertz CT molecular complexity index is 950. The summed E-state index contributed by atoms with van der Waals surface area (Å²) in [7, 11) is 0. The minimum Gasteiger partial charge on any atom is -0.459 e. The van der Waals surface area contributed by atoms with Gasteiger partial charge in [0.15, 0.2) is 11.6 Å². The van der Waals surface area contributed by atoms with Gasteiger partial charge in [0, 0.05) is 13.0 Å². The van der Waals surface area contributed by atoms with Crippen LogP contribution in [0.4, 0.5) is 0 Å². The molecule has 0 unspecified atom stereocenters. The molecule has 6 heteroatoms. The Morgan fingerprint density at radius 3 is 2.87 bits per heavy atom. The quantitative estimate of drug-likeness (QED) is 0.576. The van der Waals surface area contributed by atoms with E-state index < -0.39 is 0 Å². The summed E-state index contributed by atoms with van der Waals surface area (Å²) in [4.78, 5) is 8.82. The number of aryl methyl sites for hydroxylation is 4. The second kappa shape index (κ2) is 5.39. The number of benzene rings is 1. The second-order valence-electron chi connectivity index (χ2n) is 5.61. The minimum absolute atomic E-state index is 0.409. The van der Waals surface area contributed by atoms with Gasteiger partial charge < -0.3 is 13.5 Å². The molecule has 3 heterocycles. The van der Waals surface area contributed by atoms with E-state index >= 15 is 0 Å². The van der Waals surface area contributed by atoms with Crippen molar-refractivity contribution in [2.75, 3.05) is 0 Å². The van der Waals surface area contributed by atoms with E-state index in [2.05, 4.69) is 45.7 Å². The lowest BCUT2D eigenvalue weighted by Gasteiger charge is -2.04. The zero-order chi connectivity index (χ0) is 15.8. The molecular weight excluding hydrogens is 292 g/mol. The molecule has 0 spiro atoms. The smallest absolute Gasteiger partial charge is 0.293 e. The van der Waals surface area contributed by atoms with Crippen molar-refractivity contribution < 1.29 is 8.94 Å². The predicted molar refractivity (Wildman–Crippen MR) is 84.9 cm³/mol. The molecule has 0 N–H and O–H groups in total. The van der Waals surface area contributed by atoms with Gasteiger partial charge in [-0.3, -0.25) is 0 Å². The summed E-state index contributed by atoms with van der Waals surface area (Å²) in [6, 6.07) is 7.87. The highest BCUT2D eigenvalue weighted by Gasteiger charge is 2.12. The minimum atomic E-state index is 0.409. The van der Waals surface area contributed by atoms with Crippen LogP contribution in [0.3, 0.4) is 0 Å². The summed E-state index contributed by atoms with van der Waals surface area (Å²) in [5, 5.41) is 4.00. The molecule has 4 rings (SSSR count). The molecule has 23 heavy (non-hydrogen) atoms. The number of hydrogen-bond donors (Lipinski definition) is 0.